The maximum atomic E-state index is 12.5. The van der Waals surface area contributed by atoms with Gasteiger partial charge in [0.05, 0.1) is 38.2 Å². The van der Waals surface area contributed by atoms with Crippen LogP contribution >= 0.6 is 11.8 Å². The highest BCUT2D eigenvalue weighted by molar-refractivity contribution is 7.99. The van der Waals surface area contributed by atoms with Crippen molar-refractivity contribution in [1.82, 2.24) is 20.1 Å². The molecule has 0 spiro atoms. The van der Waals surface area contributed by atoms with Crippen LogP contribution in [0.25, 0.3) is 6.08 Å². The molecule has 3 aromatic rings. The van der Waals surface area contributed by atoms with Crippen LogP contribution in [0, 0.1) is 0 Å². The zero-order valence-corrected chi connectivity index (χ0v) is 23.9. The van der Waals surface area contributed by atoms with Crippen LogP contribution in [0.5, 0.6) is 11.5 Å². The van der Waals surface area contributed by atoms with E-state index in [0.717, 1.165) is 5.56 Å². The highest BCUT2D eigenvalue weighted by atomic mass is 32.2. The molecule has 3 rings (SSSR count). The zero-order valence-electron chi connectivity index (χ0n) is 23.1. The maximum absolute atomic E-state index is 12.5. The maximum Gasteiger partial charge on any atom is 0.338 e. The van der Waals surface area contributed by atoms with E-state index in [1.807, 2.05) is 17.6 Å². The lowest BCUT2D eigenvalue weighted by molar-refractivity contribution is -0.116. The molecule has 0 saturated carbocycles. The third kappa shape index (κ3) is 8.60. The topological polar surface area (TPSA) is 134 Å². The molecule has 12 heteroatoms. The molecule has 11 nitrogen and oxygen atoms in total. The van der Waals surface area contributed by atoms with Gasteiger partial charge in [-0.15, -0.1) is 10.2 Å². The van der Waals surface area contributed by atoms with Gasteiger partial charge in [-0.1, -0.05) is 23.9 Å². The predicted molar refractivity (Wildman–Crippen MR) is 152 cm³/mol. The molecule has 212 valence electrons. The van der Waals surface area contributed by atoms with Crippen molar-refractivity contribution in [3.05, 3.63) is 65.5 Å². The van der Waals surface area contributed by atoms with Gasteiger partial charge >= 0.3 is 5.97 Å². The summed E-state index contributed by atoms with van der Waals surface area (Å²) in [5, 5.41) is 14.5. The molecule has 2 amide bonds. The number of nitrogens with zero attached hydrogens (tertiary/aromatic N) is 3. The predicted octanol–water partition coefficient (Wildman–Crippen LogP) is 3.94. The van der Waals surface area contributed by atoms with Crippen molar-refractivity contribution >= 4 is 41.3 Å². The van der Waals surface area contributed by atoms with E-state index in [-0.39, 0.29) is 30.2 Å². The number of methoxy groups -OCH3 is 2. The summed E-state index contributed by atoms with van der Waals surface area (Å²) in [5.41, 5.74) is 1.63. The second-order valence-corrected chi connectivity index (χ2v) is 9.62. The van der Waals surface area contributed by atoms with Crippen LogP contribution in [0.1, 0.15) is 42.5 Å². The largest absolute Gasteiger partial charge is 0.493 e. The Morgan fingerprint density at radius 2 is 1.82 bits per heavy atom. The smallest absolute Gasteiger partial charge is 0.338 e. The molecule has 0 aliphatic heterocycles. The number of hydrogen-bond acceptors (Lipinski definition) is 9. The fourth-order valence-electron chi connectivity index (χ4n) is 3.56. The van der Waals surface area contributed by atoms with Crippen molar-refractivity contribution in [2.75, 3.05) is 25.3 Å². The van der Waals surface area contributed by atoms with Crippen molar-refractivity contribution < 1.29 is 28.6 Å². The molecule has 0 saturated heterocycles. The number of nitrogens with one attached hydrogen (secondary N) is 2. The minimum absolute atomic E-state index is 0.0826. The Labute approximate surface area is 237 Å². The van der Waals surface area contributed by atoms with Gasteiger partial charge < -0.3 is 29.4 Å². The summed E-state index contributed by atoms with van der Waals surface area (Å²) in [4.78, 5) is 37.1. The normalized spacial score (nSPS) is 10.9. The van der Waals surface area contributed by atoms with Gasteiger partial charge in [0.1, 0.15) is 0 Å². The SMILES string of the molecule is CCn1c(CNC(=O)/C=C/c2ccc(OC)c(OC)c2)nnc1SCC(=O)Nc1cccc(C(=O)OC(C)C)c1. The van der Waals surface area contributed by atoms with E-state index in [0.29, 0.717) is 40.3 Å². The standard InChI is InChI=1S/C28H33N5O6S/c1-6-33-24(16-29-25(34)13-11-19-10-12-22(37-4)23(14-19)38-5)31-32-28(33)40-17-26(35)30-21-9-7-8-20(15-21)27(36)39-18(2)3/h7-15,18H,6,16-17H2,1-5H3,(H,29,34)(H,30,35)/b13-11+. The van der Waals surface area contributed by atoms with Crippen LogP contribution in [-0.4, -0.2) is 58.6 Å². The van der Waals surface area contributed by atoms with Gasteiger partial charge in [-0.2, -0.15) is 0 Å². The third-order valence-electron chi connectivity index (χ3n) is 5.42. The van der Waals surface area contributed by atoms with Crippen molar-refractivity contribution in [2.45, 2.75) is 45.1 Å². The Morgan fingerprint density at radius 1 is 1.05 bits per heavy atom. The van der Waals surface area contributed by atoms with Crippen molar-refractivity contribution in [3.8, 4) is 11.5 Å². The fourth-order valence-corrected chi connectivity index (χ4v) is 4.38. The average molecular weight is 568 g/mol. The number of esters is 1. The summed E-state index contributed by atoms with van der Waals surface area (Å²) in [6.45, 7) is 6.20. The van der Waals surface area contributed by atoms with E-state index in [9.17, 15) is 14.4 Å². The number of hydrogen-bond donors (Lipinski definition) is 2. The first-order chi connectivity index (χ1) is 19.2. The molecule has 0 aliphatic carbocycles. The van der Waals surface area contributed by atoms with E-state index in [4.69, 9.17) is 14.2 Å². The molecule has 0 bridgehead atoms. The summed E-state index contributed by atoms with van der Waals surface area (Å²) >= 11 is 1.22. The van der Waals surface area contributed by atoms with Gasteiger partial charge in [0, 0.05) is 18.3 Å². The van der Waals surface area contributed by atoms with Gasteiger partial charge in [0.15, 0.2) is 22.5 Å². The molecule has 2 aromatic carbocycles. The molecule has 0 atom stereocenters. The number of benzene rings is 2. The first kappa shape index (κ1) is 30.2. The Balaban J connectivity index is 1.53. The number of aromatic nitrogens is 3. The Kier molecular flexibility index (Phi) is 11.1. The molecular weight excluding hydrogens is 534 g/mol. The van der Waals surface area contributed by atoms with Gasteiger partial charge in [0.2, 0.25) is 11.8 Å². The molecule has 0 fully saturated rings. The van der Waals surface area contributed by atoms with Crippen molar-refractivity contribution in [2.24, 2.45) is 0 Å². The van der Waals surface area contributed by atoms with Gasteiger partial charge in [0.25, 0.3) is 0 Å². The van der Waals surface area contributed by atoms with Crippen LogP contribution in [0.2, 0.25) is 0 Å². The molecule has 1 aromatic heterocycles. The van der Waals surface area contributed by atoms with Gasteiger partial charge in [-0.3, -0.25) is 9.59 Å². The fraction of sp³-hybridized carbons (Fsp3) is 0.321. The number of amides is 2. The summed E-state index contributed by atoms with van der Waals surface area (Å²) < 4.78 is 17.5. The number of anilines is 1. The number of carbonyl (C=O) groups excluding carboxylic acids is 3. The van der Waals surface area contributed by atoms with Gasteiger partial charge in [-0.05, 0) is 62.7 Å². The zero-order chi connectivity index (χ0) is 29.1. The summed E-state index contributed by atoms with van der Waals surface area (Å²) in [5.74, 6) is 0.807. The molecule has 0 radical (unpaired) electrons. The first-order valence-electron chi connectivity index (χ1n) is 12.6. The van der Waals surface area contributed by atoms with E-state index in [2.05, 4.69) is 20.8 Å². The molecule has 40 heavy (non-hydrogen) atoms. The van der Waals surface area contributed by atoms with E-state index >= 15 is 0 Å². The Bertz CT molecular complexity index is 1370. The van der Waals surface area contributed by atoms with Crippen LogP contribution in [-0.2, 0) is 27.4 Å². The average Bonchev–Trinajstić information content (AvgIpc) is 3.35. The van der Waals surface area contributed by atoms with E-state index in [1.54, 1.807) is 70.5 Å². The first-order valence-corrected chi connectivity index (χ1v) is 13.6. The molecule has 1 heterocycles. The summed E-state index contributed by atoms with van der Waals surface area (Å²) in [6, 6.07) is 11.9. The minimum atomic E-state index is -0.451. The van der Waals surface area contributed by atoms with Crippen LogP contribution in [0.15, 0.2) is 53.7 Å². The van der Waals surface area contributed by atoms with Crippen molar-refractivity contribution in [1.29, 1.82) is 0 Å². The second kappa shape index (κ2) is 14.7. The Morgan fingerprint density at radius 3 is 2.52 bits per heavy atom. The van der Waals surface area contributed by atoms with Crippen LogP contribution in [0.3, 0.4) is 0 Å². The lowest BCUT2D eigenvalue weighted by atomic mass is 10.2. The number of ether oxygens (including phenoxy) is 3. The molecule has 0 unspecified atom stereocenters. The van der Waals surface area contributed by atoms with Gasteiger partial charge in [-0.25, -0.2) is 4.79 Å². The van der Waals surface area contributed by atoms with E-state index < -0.39 is 5.97 Å². The highest BCUT2D eigenvalue weighted by Crippen LogP contribution is 2.28. The molecular formula is C28H33N5O6S. The summed E-state index contributed by atoms with van der Waals surface area (Å²) in [7, 11) is 3.11. The van der Waals surface area contributed by atoms with Crippen LogP contribution < -0.4 is 20.1 Å². The van der Waals surface area contributed by atoms with Crippen LogP contribution in [0.4, 0.5) is 5.69 Å². The van der Waals surface area contributed by atoms with E-state index in [1.165, 1.54) is 17.8 Å². The summed E-state index contributed by atoms with van der Waals surface area (Å²) in [6.07, 6.45) is 2.85. The number of rotatable bonds is 13. The number of thioether (sulfide) groups is 1. The second-order valence-electron chi connectivity index (χ2n) is 8.68. The molecule has 0 aliphatic rings. The number of carbonyl (C=O) groups is 3. The lowest BCUT2D eigenvalue weighted by Gasteiger charge is -2.10. The third-order valence-corrected chi connectivity index (χ3v) is 6.39. The lowest BCUT2D eigenvalue weighted by Crippen LogP contribution is -2.22. The quantitative estimate of drug-likeness (QED) is 0.179. The minimum Gasteiger partial charge on any atom is -0.493 e. The highest BCUT2D eigenvalue weighted by Gasteiger charge is 2.15. The van der Waals surface area contributed by atoms with Crippen molar-refractivity contribution in [3.63, 3.8) is 0 Å². The Hall–Kier alpha value is -4.32. The molecule has 2 N–H and O–H groups in total. The monoisotopic (exact) mass is 567 g/mol.